The molecule has 0 radical (unpaired) electrons. The maximum absolute atomic E-state index is 13.5. The van der Waals surface area contributed by atoms with Gasteiger partial charge in [0.15, 0.2) is 17.5 Å². The van der Waals surface area contributed by atoms with E-state index in [0.29, 0.717) is 17.2 Å². The number of hydrogen-bond donors (Lipinski definition) is 2. The number of carbonyl (C=O) groups is 1. The molecule has 1 aliphatic heterocycles. The Labute approximate surface area is 163 Å². The summed E-state index contributed by atoms with van der Waals surface area (Å²) < 4.78 is 49.6. The van der Waals surface area contributed by atoms with Crippen LogP contribution in [0.3, 0.4) is 0 Å². The first-order valence-electron chi connectivity index (χ1n) is 8.66. The number of nitrogens with zero attached hydrogens (tertiary/aromatic N) is 2. The summed E-state index contributed by atoms with van der Waals surface area (Å²) >= 11 is 0. The highest BCUT2D eigenvalue weighted by Gasteiger charge is 2.25. The van der Waals surface area contributed by atoms with Gasteiger partial charge >= 0.3 is 0 Å². The first-order valence-corrected chi connectivity index (χ1v) is 9.85. The number of hydrogen-bond acceptors (Lipinski definition) is 2. The van der Waals surface area contributed by atoms with Crippen LogP contribution in [-0.2, 0) is 17.9 Å². The van der Waals surface area contributed by atoms with Crippen molar-refractivity contribution in [2.24, 2.45) is 17.3 Å². The Morgan fingerprint density at radius 2 is 1.93 bits per heavy atom. The maximum atomic E-state index is 13.5. The molecular formula is C19H21F3N4OS. The van der Waals surface area contributed by atoms with Crippen LogP contribution in [0.1, 0.15) is 29.9 Å². The van der Waals surface area contributed by atoms with Gasteiger partial charge in [-0.3, -0.25) is 4.79 Å². The number of benzene rings is 1. The lowest BCUT2D eigenvalue weighted by atomic mass is 10.0. The van der Waals surface area contributed by atoms with Crippen molar-refractivity contribution in [1.82, 2.24) is 9.29 Å². The van der Waals surface area contributed by atoms with E-state index in [0.717, 1.165) is 17.0 Å². The summed E-state index contributed by atoms with van der Waals surface area (Å²) in [5, 5.41) is 2.44. The second kappa shape index (κ2) is 7.92. The van der Waals surface area contributed by atoms with Crippen LogP contribution in [0.5, 0.6) is 0 Å². The number of nitrogens with one attached hydrogen (secondary N) is 2. The second-order valence-electron chi connectivity index (χ2n) is 6.79. The average Bonchev–Trinajstić information content (AvgIpc) is 2.84. The monoisotopic (exact) mass is 410 g/mol. The third kappa shape index (κ3) is 3.77. The number of halogens is 3. The largest absolute Gasteiger partial charge is 0.345 e. The smallest absolute Gasteiger partial charge is 0.272 e. The fourth-order valence-electron chi connectivity index (χ4n) is 2.97. The zero-order valence-electron chi connectivity index (χ0n) is 15.9. The van der Waals surface area contributed by atoms with Gasteiger partial charge in [0.05, 0.1) is 4.90 Å². The highest BCUT2D eigenvalue weighted by atomic mass is 32.2. The lowest BCUT2D eigenvalue weighted by Crippen LogP contribution is -2.32. The molecule has 150 valence electrons. The lowest BCUT2D eigenvalue weighted by Gasteiger charge is -2.18. The van der Waals surface area contributed by atoms with Gasteiger partial charge in [0, 0.05) is 60.6 Å². The van der Waals surface area contributed by atoms with Crippen molar-refractivity contribution in [2.45, 2.75) is 24.8 Å². The van der Waals surface area contributed by atoms with Crippen molar-refractivity contribution in [1.29, 1.82) is 0 Å². The Balaban J connectivity index is 2.01. The van der Waals surface area contributed by atoms with Crippen LogP contribution in [0.2, 0.25) is 0 Å². The second-order valence-corrected chi connectivity index (χ2v) is 8.40. The fourth-order valence-corrected chi connectivity index (χ4v) is 4.64. The van der Waals surface area contributed by atoms with Crippen LogP contribution in [0, 0.1) is 23.4 Å². The van der Waals surface area contributed by atoms with E-state index in [4.69, 9.17) is 0 Å². The molecule has 2 atom stereocenters. The molecule has 5 nitrogen and oxygen atoms in total. The van der Waals surface area contributed by atoms with Gasteiger partial charge in [-0.25, -0.2) is 22.3 Å². The summed E-state index contributed by atoms with van der Waals surface area (Å²) in [6, 6.07) is 1.58. The third-order valence-electron chi connectivity index (χ3n) is 4.47. The molecule has 1 amide bonds. The van der Waals surface area contributed by atoms with Gasteiger partial charge in [0.25, 0.3) is 5.91 Å². The van der Waals surface area contributed by atoms with E-state index in [1.54, 1.807) is 18.7 Å². The quantitative estimate of drug-likeness (QED) is 0.751. The molecule has 3 rings (SSSR count). The van der Waals surface area contributed by atoms with Crippen LogP contribution >= 0.6 is 0 Å². The summed E-state index contributed by atoms with van der Waals surface area (Å²) in [4.78, 5) is 13.7. The number of aromatic nitrogens is 1. The minimum absolute atomic E-state index is 0.0842. The van der Waals surface area contributed by atoms with E-state index in [-0.39, 0.29) is 11.7 Å². The van der Waals surface area contributed by atoms with E-state index in [1.807, 2.05) is 18.3 Å². The minimum Gasteiger partial charge on any atom is -0.345 e. The van der Waals surface area contributed by atoms with Crippen molar-refractivity contribution in [3.05, 3.63) is 53.1 Å². The molecule has 2 heterocycles. The summed E-state index contributed by atoms with van der Waals surface area (Å²) in [7, 11) is 2.80. The van der Waals surface area contributed by atoms with E-state index >= 15 is 0 Å². The zero-order valence-corrected chi connectivity index (χ0v) is 16.7. The van der Waals surface area contributed by atoms with E-state index < -0.39 is 34.2 Å². The van der Waals surface area contributed by atoms with Gasteiger partial charge in [0.1, 0.15) is 5.69 Å². The Morgan fingerprint density at radius 1 is 1.29 bits per heavy atom. The number of amides is 1. The molecule has 1 aromatic heterocycles. The summed E-state index contributed by atoms with van der Waals surface area (Å²) in [6.45, 7) is 4.17. The minimum atomic E-state index is -1.58. The van der Waals surface area contributed by atoms with Crippen LogP contribution in [0.15, 0.2) is 33.7 Å². The van der Waals surface area contributed by atoms with Gasteiger partial charge in [-0.2, -0.15) is 0 Å². The van der Waals surface area contributed by atoms with E-state index in [1.165, 1.54) is 0 Å². The molecule has 1 aromatic carbocycles. The topological polar surface area (TPSA) is 58.4 Å². The molecule has 2 unspecified atom stereocenters. The molecule has 0 saturated heterocycles. The number of carbonyl (C=O) groups excluding carboxylic acids is 1. The highest BCUT2D eigenvalue weighted by molar-refractivity contribution is 7.85. The van der Waals surface area contributed by atoms with E-state index in [9.17, 15) is 18.0 Å². The van der Waals surface area contributed by atoms with Gasteiger partial charge < -0.3 is 9.88 Å². The van der Waals surface area contributed by atoms with E-state index in [2.05, 4.69) is 28.2 Å². The van der Waals surface area contributed by atoms with Crippen molar-refractivity contribution in [2.75, 3.05) is 12.4 Å². The Kier molecular flexibility index (Phi) is 5.76. The fraction of sp³-hybridized carbons (Fsp3) is 0.316. The number of fused-ring (bicyclic) bond motifs is 1. The summed E-state index contributed by atoms with van der Waals surface area (Å²) in [5.41, 5.74) is 0.850. The van der Waals surface area contributed by atoms with Crippen molar-refractivity contribution >= 4 is 28.5 Å². The lowest BCUT2D eigenvalue weighted by molar-refractivity contribution is 0.101. The average molecular weight is 410 g/mol. The molecule has 0 aliphatic carbocycles. The van der Waals surface area contributed by atoms with Crippen LogP contribution in [0.25, 0.3) is 6.08 Å². The van der Waals surface area contributed by atoms with Gasteiger partial charge in [0.2, 0.25) is 0 Å². The number of anilines is 1. The van der Waals surface area contributed by atoms with Crippen molar-refractivity contribution in [3.8, 4) is 0 Å². The first kappa shape index (κ1) is 20.3. The van der Waals surface area contributed by atoms with Crippen LogP contribution in [0.4, 0.5) is 18.9 Å². The molecule has 1 aliphatic rings. The normalized spacial score (nSPS) is 19.0. The van der Waals surface area contributed by atoms with Gasteiger partial charge in [-0.05, 0) is 5.92 Å². The predicted molar refractivity (Wildman–Crippen MR) is 104 cm³/mol. The number of aryl methyl sites for hydroxylation is 1. The Morgan fingerprint density at radius 3 is 2.50 bits per heavy atom. The highest BCUT2D eigenvalue weighted by Crippen LogP contribution is 2.27. The molecule has 0 fully saturated rings. The summed E-state index contributed by atoms with van der Waals surface area (Å²) in [5.74, 6) is -4.53. The molecular weight excluding hydrogens is 389 g/mol. The molecule has 9 heteroatoms. The van der Waals surface area contributed by atoms with Crippen molar-refractivity contribution < 1.29 is 18.0 Å². The van der Waals surface area contributed by atoms with Crippen molar-refractivity contribution in [3.63, 3.8) is 0 Å². The predicted octanol–water partition coefficient (Wildman–Crippen LogP) is 4.04. The number of rotatable bonds is 3. The SMILES string of the molecule is C/N=S1/NC(C(C)C)C=Cc2c1cn(C)c2C(=O)Nc1cc(F)c(F)c(F)c1. The molecule has 2 aromatic rings. The molecule has 28 heavy (non-hydrogen) atoms. The maximum Gasteiger partial charge on any atom is 0.272 e. The van der Waals surface area contributed by atoms with Crippen LogP contribution in [-0.4, -0.2) is 23.6 Å². The zero-order chi connectivity index (χ0) is 20.6. The Hall–Kier alpha value is -2.39. The standard InChI is InChI=1S/C19H21F3N4OS/c1-10(2)15-6-5-12-16(28(23-3)25-15)9-26(4)18(12)19(27)24-11-7-13(20)17(22)14(21)8-11/h5-10,15H,1-4H3,(H,23,25)(H,24,27). The molecule has 0 saturated carbocycles. The van der Waals surface area contributed by atoms with Crippen LogP contribution < -0.4 is 10.0 Å². The molecule has 0 spiro atoms. The molecule has 2 N–H and O–H groups in total. The molecule has 0 bridgehead atoms. The summed E-state index contributed by atoms with van der Waals surface area (Å²) in [6.07, 6.45) is 5.66. The van der Waals surface area contributed by atoms with Gasteiger partial charge in [-0.15, -0.1) is 0 Å². The van der Waals surface area contributed by atoms with Gasteiger partial charge in [-0.1, -0.05) is 26.0 Å². The third-order valence-corrected chi connectivity index (χ3v) is 6.07. The Bertz CT molecular complexity index is 974. The first-order chi connectivity index (χ1) is 13.2.